The SMILES string of the molecule is O=C(c1cccc(Cl)c1)N1CCC(N2C(=O)CSC2=O)CC1. The molecule has 0 aromatic heterocycles. The number of benzene rings is 1. The van der Waals surface area contributed by atoms with E-state index in [2.05, 4.69) is 0 Å². The minimum Gasteiger partial charge on any atom is -0.338 e. The Kier molecular flexibility index (Phi) is 4.40. The smallest absolute Gasteiger partial charge is 0.289 e. The van der Waals surface area contributed by atoms with E-state index in [9.17, 15) is 14.4 Å². The molecule has 5 nitrogen and oxygen atoms in total. The van der Waals surface area contributed by atoms with Crippen LogP contribution < -0.4 is 0 Å². The van der Waals surface area contributed by atoms with Crippen LogP contribution in [0.15, 0.2) is 24.3 Å². The summed E-state index contributed by atoms with van der Waals surface area (Å²) in [5, 5.41) is 0.371. The van der Waals surface area contributed by atoms with Gasteiger partial charge in [-0.15, -0.1) is 0 Å². The Hall–Kier alpha value is -1.53. The summed E-state index contributed by atoms with van der Waals surface area (Å²) in [6.07, 6.45) is 1.26. The highest BCUT2D eigenvalue weighted by Crippen LogP contribution is 2.27. The van der Waals surface area contributed by atoms with Crippen molar-refractivity contribution in [3.8, 4) is 0 Å². The van der Waals surface area contributed by atoms with Gasteiger partial charge in [0.05, 0.1) is 5.75 Å². The van der Waals surface area contributed by atoms with E-state index in [0.717, 1.165) is 11.8 Å². The molecule has 2 fully saturated rings. The summed E-state index contributed by atoms with van der Waals surface area (Å²) in [7, 11) is 0. The van der Waals surface area contributed by atoms with Crippen molar-refractivity contribution in [1.29, 1.82) is 0 Å². The highest BCUT2D eigenvalue weighted by atomic mass is 35.5. The molecule has 2 aliphatic heterocycles. The minimum absolute atomic E-state index is 0.0607. The molecule has 0 spiro atoms. The van der Waals surface area contributed by atoms with Gasteiger partial charge in [-0.25, -0.2) is 0 Å². The van der Waals surface area contributed by atoms with Crippen molar-refractivity contribution in [1.82, 2.24) is 9.80 Å². The maximum Gasteiger partial charge on any atom is 0.289 e. The van der Waals surface area contributed by atoms with E-state index in [-0.39, 0.29) is 28.8 Å². The Balaban J connectivity index is 1.63. The molecule has 1 aromatic carbocycles. The Bertz CT molecular complexity index is 613. The molecule has 3 rings (SSSR count). The number of nitrogens with zero attached hydrogens (tertiary/aromatic N) is 2. The van der Waals surface area contributed by atoms with E-state index in [4.69, 9.17) is 11.6 Å². The van der Waals surface area contributed by atoms with Gasteiger partial charge in [0.2, 0.25) is 5.91 Å². The van der Waals surface area contributed by atoms with Gasteiger partial charge in [-0.3, -0.25) is 19.3 Å². The molecular weight excluding hydrogens is 324 g/mol. The number of amides is 3. The van der Waals surface area contributed by atoms with Gasteiger partial charge in [0.1, 0.15) is 0 Å². The number of carbonyl (C=O) groups is 3. The topological polar surface area (TPSA) is 57.7 Å². The normalized spacial score (nSPS) is 19.9. The van der Waals surface area contributed by atoms with Crippen LogP contribution >= 0.6 is 23.4 Å². The molecule has 2 aliphatic rings. The number of thioether (sulfide) groups is 1. The van der Waals surface area contributed by atoms with Gasteiger partial charge in [0, 0.05) is 29.7 Å². The molecule has 0 atom stereocenters. The number of carbonyl (C=O) groups excluding carboxylic acids is 3. The average molecular weight is 339 g/mol. The molecule has 22 heavy (non-hydrogen) atoms. The van der Waals surface area contributed by atoms with E-state index < -0.39 is 0 Å². The fraction of sp³-hybridized carbons (Fsp3) is 0.400. The molecule has 0 aliphatic carbocycles. The summed E-state index contributed by atoms with van der Waals surface area (Å²) in [6.45, 7) is 1.08. The lowest BCUT2D eigenvalue weighted by Crippen LogP contribution is -2.48. The van der Waals surface area contributed by atoms with Gasteiger partial charge in [-0.05, 0) is 31.0 Å². The molecule has 0 unspecified atom stereocenters. The Labute approximate surface area is 137 Å². The van der Waals surface area contributed by atoms with Crippen LogP contribution in [0.2, 0.25) is 5.02 Å². The Morgan fingerprint density at radius 3 is 2.55 bits per heavy atom. The summed E-state index contributed by atoms with van der Waals surface area (Å²) in [6, 6.07) is 6.79. The number of imide groups is 1. The first-order chi connectivity index (χ1) is 10.6. The number of rotatable bonds is 2. The highest BCUT2D eigenvalue weighted by molar-refractivity contribution is 8.14. The number of hydrogen-bond acceptors (Lipinski definition) is 4. The summed E-state index contributed by atoms with van der Waals surface area (Å²) < 4.78 is 0. The summed E-state index contributed by atoms with van der Waals surface area (Å²) in [4.78, 5) is 39.0. The first-order valence-electron chi connectivity index (χ1n) is 7.10. The van der Waals surface area contributed by atoms with Crippen LogP contribution in [0.3, 0.4) is 0 Å². The first kappa shape index (κ1) is 15.4. The molecule has 0 radical (unpaired) electrons. The predicted octanol–water partition coefficient (Wildman–Crippen LogP) is 2.64. The van der Waals surface area contributed by atoms with Crippen LogP contribution in [0.4, 0.5) is 4.79 Å². The van der Waals surface area contributed by atoms with E-state index in [1.807, 2.05) is 0 Å². The first-order valence-corrected chi connectivity index (χ1v) is 8.46. The molecule has 1 aromatic rings. The van der Waals surface area contributed by atoms with E-state index >= 15 is 0 Å². The maximum absolute atomic E-state index is 12.4. The minimum atomic E-state index is -0.162. The number of halogens is 1. The predicted molar refractivity (Wildman–Crippen MR) is 85.1 cm³/mol. The molecule has 2 heterocycles. The zero-order chi connectivity index (χ0) is 15.7. The van der Waals surface area contributed by atoms with Gasteiger partial charge in [0.25, 0.3) is 11.1 Å². The second-order valence-electron chi connectivity index (χ2n) is 5.35. The Morgan fingerprint density at radius 1 is 1.23 bits per heavy atom. The molecule has 0 bridgehead atoms. The zero-order valence-electron chi connectivity index (χ0n) is 11.8. The number of hydrogen-bond donors (Lipinski definition) is 0. The number of likely N-dealkylation sites (tertiary alicyclic amines) is 1. The summed E-state index contributed by atoms with van der Waals surface area (Å²) in [5.41, 5.74) is 0.565. The molecule has 3 amide bonds. The van der Waals surface area contributed by atoms with E-state index in [1.54, 1.807) is 29.2 Å². The molecule has 2 saturated heterocycles. The van der Waals surface area contributed by atoms with Gasteiger partial charge in [0.15, 0.2) is 0 Å². The average Bonchev–Trinajstić information content (AvgIpc) is 2.86. The number of piperidine rings is 1. The quantitative estimate of drug-likeness (QED) is 0.831. The fourth-order valence-corrected chi connectivity index (χ4v) is 3.81. The molecule has 116 valence electrons. The van der Waals surface area contributed by atoms with Gasteiger partial charge in [-0.2, -0.15) is 0 Å². The highest BCUT2D eigenvalue weighted by Gasteiger charge is 2.38. The maximum atomic E-state index is 12.4. The fourth-order valence-electron chi connectivity index (χ4n) is 2.85. The second kappa shape index (κ2) is 6.30. The zero-order valence-corrected chi connectivity index (χ0v) is 13.4. The van der Waals surface area contributed by atoms with Crippen molar-refractivity contribution in [3.05, 3.63) is 34.9 Å². The summed E-state index contributed by atoms with van der Waals surface area (Å²) in [5.74, 6) is 0.0598. The van der Waals surface area contributed by atoms with Gasteiger partial charge < -0.3 is 4.90 Å². The lowest BCUT2D eigenvalue weighted by Gasteiger charge is -2.35. The third-order valence-corrected chi connectivity index (χ3v) is 5.04. The molecule has 7 heteroatoms. The van der Waals surface area contributed by atoms with Crippen molar-refractivity contribution in [2.24, 2.45) is 0 Å². The van der Waals surface area contributed by atoms with Crippen LogP contribution in [0.5, 0.6) is 0 Å². The van der Waals surface area contributed by atoms with Crippen molar-refractivity contribution < 1.29 is 14.4 Å². The van der Waals surface area contributed by atoms with Gasteiger partial charge >= 0.3 is 0 Å². The summed E-state index contributed by atoms with van der Waals surface area (Å²) >= 11 is 6.97. The third-order valence-electron chi connectivity index (χ3n) is 3.97. The lowest BCUT2D eigenvalue weighted by molar-refractivity contribution is -0.126. The van der Waals surface area contributed by atoms with Crippen molar-refractivity contribution in [3.63, 3.8) is 0 Å². The van der Waals surface area contributed by atoms with E-state index in [0.29, 0.717) is 36.5 Å². The lowest BCUT2D eigenvalue weighted by atomic mass is 10.0. The van der Waals surface area contributed by atoms with Crippen LogP contribution in [0, 0.1) is 0 Å². The molecular formula is C15H15ClN2O3S. The standard InChI is InChI=1S/C15H15ClN2O3S/c16-11-3-1-2-10(8-11)14(20)17-6-4-12(5-7-17)18-13(19)9-22-15(18)21/h1-3,8,12H,4-7,9H2. The second-order valence-corrected chi connectivity index (χ2v) is 6.72. The molecule has 0 saturated carbocycles. The van der Waals surface area contributed by atoms with Crippen molar-refractivity contribution in [2.45, 2.75) is 18.9 Å². The third kappa shape index (κ3) is 2.98. The van der Waals surface area contributed by atoms with Crippen molar-refractivity contribution >= 4 is 40.4 Å². The molecule has 0 N–H and O–H groups in total. The van der Waals surface area contributed by atoms with Crippen LogP contribution in [0.1, 0.15) is 23.2 Å². The van der Waals surface area contributed by atoms with Crippen LogP contribution in [-0.2, 0) is 4.79 Å². The van der Waals surface area contributed by atoms with Crippen molar-refractivity contribution in [2.75, 3.05) is 18.8 Å². The monoisotopic (exact) mass is 338 g/mol. The van der Waals surface area contributed by atoms with Gasteiger partial charge in [-0.1, -0.05) is 29.4 Å². The van der Waals surface area contributed by atoms with Crippen LogP contribution in [0.25, 0.3) is 0 Å². The van der Waals surface area contributed by atoms with E-state index in [1.165, 1.54) is 4.90 Å². The largest absolute Gasteiger partial charge is 0.338 e. The Morgan fingerprint density at radius 2 is 1.95 bits per heavy atom. The van der Waals surface area contributed by atoms with Crippen LogP contribution in [-0.4, -0.2) is 51.7 Å².